The molecule has 1 aromatic carbocycles. The van der Waals surface area contributed by atoms with Crippen LogP contribution in [0.5, 0.6) is 0 Å². The highest BCUT2D eigenvalue weighted by molar-refractivity contribution is 5.98. The molecule has 0 saturated carbocycles. The molecule has 0 spiro atoms. The van der Waals surface area contributed by atoms with E-state index in [0.717, 1.165) is 15.5 Å². The number of amides is 1. The zero-order valence-electron chi connectivity index (χ0n) is 13.3. The van der Waals surface area contributed by atoms with E-state index < -0.39 is 12.0 Å². The third-order valence-corrected chi connectivity index (χ3v) is 4.43. The van der Waals surface area contributed by atoms with Crippen molar-refractivity contribution < 1.29 is 18.0 Å². The number of hydrogen-bond donors (Lipinski definition) is 0. The molecule has 0 N–H and O–H groups in total. The normalized spacial score (nSPS) is 14.8. The molecule has 1 aliphatic rings. The lowest BCUT2D eigenvalue weighted by Crippen LogP contribution is -2.39. The lowest BCUT2D eigenvalue weighted by molar-refractivity contribution is -0.147. The van der Waals surface area contributed by atoms with Crippen molar-refractivity contribution >= 4 is 16.8 Å². The Kier molecular flexibility index (Phi) is 3.34. The molecule has 25 heavy (non-hydrogen) atoms. The van der Waals surface area contributed by atoms with Gasteiger partial charge in [0.25, 0.3) is 5.91 Å². The van der Waals surface area contributed by atoms with Crippen molar-refractivity contribution in [2.45, 2.75) is 19.3 Å². The molecule has 1 aliphatic heterocycles. The number of benzene rings is 1. The molecule has 0 fully saturated rings. The highest BCUT2D eigenvalue weighted by Gasteiger charge is 2.39. The Morgan fingerprint density at radius 1 is 1.16 bits per heavy atom. The van der Waals surface area contributed by atoms with E-state index in [2.05, 4.69) is 10.2 Å². The van der Waals surface area contributed by atoms with Gasteiger partial charge in [-0.1, -0.05) is 0 Å². The van der Waals surface area contributed by atoms with Crippen LogP contribution in [0.1, 0.15) is 22.0 Å². The number of carbonyl (C=O) groups is 1. The maximum atomic E-state index is 12.9. The van der Waals surface area contributed by atoms with Crippen molar-refractivity contribution in [2.24, 2.45) is 7.05 Å². The van der Waals surface area contributed by atoms with E-state index in [4.69, 9.17) is 0 Å². The van der Waals surface area contributed by atoms with Gasteiger partial charge < -0.3 is 14.0 Å². The molecule has 2 aromatic heterocycles. The number of alkyl halides is 3. The first-order chi connectivity index (χ1) is 11.8. The van der Waals surface area contributed by atoms with E-state index in [1.807, 2.05) is 29.9 Å². The van der Waals surface area contributed by atoms with Gasteiger partial charge in [0.15, 0.2) is 5.82 Å². The summed E-state index contributed by atoms with van der Waals surface area (Å²) in [7, 11) is 1.92. The fraction of sp³-hybridized carbons (Fsp3) is 0.312. The molecular weight excluding hydrogens is 335 g/mol. The van der Waals surface area contributed by atoms with Crippen molar-refractivity contribution in [3.8, 4) is 0 Å². The van der Waals surface area contributed by atoms with Gasteiger partial charge in [-0.05, 0) is 24.3 Å². The van der Waals surface area contributed by atoms with Crippen molar-refractivity contribution in [3.05, 3.63) is 47.7 Å². The Morgan fingerprint density at radius 3 is 2.72 bits per heavy atom. The molecule has 0 aliphatic carbocycles. The first-order valence-electron chi connectivity index (χ1n) is 7.68. The molecule has 1 amide bonds. The lowest BCUT2D eigenvalue weighted by atomic mass is 10.1. The number of carbonyl (C=O) groups excluding carboxylic acids is 1. The summed E-state index contributed by atoms with van der Waals surface area (Å²) in [5, 5.41) is 7.76. The van der Waals surface area contributed by atoms with Crippen molar-refractivity contribution in [1.82, 2.24) is 24.2 Å². The highest BCUT2D eigenvalue weighted by Crippen LogP contribution is 2.29. The van der Waals surface area contributed by atoms with Crippen LogP contribution in [0.2, 0.25) is 0 Å². The van der Waals surface area contributed by atoms with Gasteiger partial charge in [0.05, 0.1) is 6.54 Å². The quantitative estimate of drug-likeness (QED) is 0.678. The summed E-state index contributed by atoms with van der Waals surface area (Å²) in [4.78, 5) is 14.2. The van der Waals surface area contributed by atoms with Crippen molar-refractivity contribution in [1.29, 1.82) is 0 Å². The molecule has 0 unspecified atom stereocenters. The topological polar surface area (TPSA) is 56.0 Å². The first kappa shape index (κ1) is 15.7. The van der Waals surface area contributed by atoms with Gasteiger partial charge in [-0.3, -0.25) is 4.79 Å². The van der Waals surface area contributed by atoms with E-state index in [1.54, 1.807) is 12.1 Å². The molecule has 6 nitrogen and oxygen atoms in total. The van der Waals surface area contributed by atoms with Crippen LogP contribution in [0.3, 0.4) is 0 Å². The minimum absolute atomic E-state index is 0.00867. The maximum absolute atomic E-state index is 12.9. The Bertz CT molecular complexity index is 972. The Morgan fingerprint density at radius 2 is 1.96 bits per heavy atom. The van der Waals surface area contributed by atoms with E-state index in [9.17, 15) is 18.0 Å². The number of nitrogens with zero attached hydrogens (tertiary/aromatic N) is 5. The maximum Gasteiger partial charge on any atom is 0.451 e. The van der Waals surface area contributed by atoms with Gasteiger partial charge in [-0.2, -0.15) is 13.2 Å². The molecule has 4 rings (SSSR count). The van der Waals surface area contributed by atoms with Crippen LogP contribution in [0.4, 0.5) is 13.2 Å². The zero-order chi connectivity index (χ0) is 17.8. The predicted molar refractivity (Wildman–Crippen MR) is 82.7 cm³/mol. The number of halogens is 3. The summed E-state index contributed by atoms with van der Waals surface area (Å²) in [6.45, 7) is 0.213. The second-order valence-corrected chi connectivity index (χ2v) is 6.02. The van der Waals surface area contributed by atoms with E-state index in [1.165, 1.54) is 4.90 Å². The minimum atomic E-state index is -4.55. The van der Waals surface area contributed by atoms with Gasteiger partial charge in [0.1, 0.15) is 0 Å². The Hall–Kier alpha value is -2.84. The molecule has 130 valence electrons. The molecule has 9 heteroatoms. The number of aromatic nitrogens is 4. The number of rotatable bonds is 1. The Labute approximate surface area is 140 Å². The molecule has 0 saturated heterocycles. The van der Waals surface area contributed by atoms with Crippen LogP contribution < -0.4 is 0 Å². The minimum Gasteiger partial charge on any atom is -0.351 e. The average molecular weight is 349 g/mol. The van der Waals surface area contributed by atoms with Crippen LogP contribution in [-0.4, -0.2) is 36.7 Å². The summed E-state index contributed by atoms with van der Waals surface area (Å²) < 4.78 is 41.6. The molecule has 0 radical (unpaired) electrons. The summed E-state index contributed by atoms with van der Waals surface area (Å²) >= 11 is 0. The van der Waals surface area contributed by atoms with Gasteiger partial charge in [0.2, 0.25) is 5.82 Å². The number of aryl methyl sites for hydroxylation is 1. The molecule has 0 atom stereocenters. The SMILES string of the molecule is Cn1ccc2cc(C(=O)N3CCn4c(nnc4C(F)(F)F)C3)ccc21. The molecule has 3 heterocycles. The lowest BCUT2D eigenvalue weighted by Gasteiger charge is -2.28. The average Bonchev–Trinajstić information content (AvgIpc) is 3.17. The number of fused-ring (bicyclic) bond motifs is 2. The van der Waals surface area contributed by atoms with Crippen LogP contribution in [-0.2, 0) is 26.3 Å². The number of hydrogen-bond acceptors (Lipinski definition) is 3. The van der Waals surface area contributed by atoms with Crippen LogP contribution in [0, 0.1) is 0 Å². The van der Waals surface area contributed by atoms with E-state index in [-0.39, 0.29) is 31.4 Å². The third kappa shape index (κ3) is 2.55. The van der Waals surface area contributed by atoms with Gasteiger partial charge in [0, 0.05) is 42.8 Å². The smallest absolute Gasteiger partial charge is 0.351 e. The predicted octanol–water partition coefficient (Wildman–Crippen LogP) is 2.44. The monoisotopic (exact) mass is 349 g/mol. The van der Waals surface area contributed by atoms with Gasteiger partial charge in [-0.25, -0.2) is 0 Å². The van der Waals surface area contributed by atoms with Crippen LogP contribution in [0.15, 0.2) is 30.5 Å². The summed E-state index contributed by atoms with van der Waals surface area (Å²) in [5.74, 6) is -1.10. The largest absolute Gasteiger partial charge is 0.451 e. The summed E-state index contributed by atoms with van der Waals surface area (Å²) in [6, 6.07) is 7.29. The first-order valence-corrected chi connectivity index (χ1v) is 7.68. The fourth-order valence-corrected chi connectivity index (χ4v) is 3.14. The van der Waals surface area contributed by atoms with E-state index in [0.29, 0.717) is 5.56 Å². The summed E-state index contributed by atoms with van der Waals surface area (Å²) in [5.41, 5.74) is 1.51. The molecule has 0 bridgehead atoms. The second-order valence-electron chi connectivity index (χ2n) is 6.02. The highest BCUT2D eigenvalue weighted by atomic mass is 19.4. The fourth-order valence-electron chi connectivity index (χ4n) is 3.14. The standard InChI is InChI=1S/C16H14F3N5O/c1-22-5-4-10-8-11(2-3-12(10)22)14(25)23-6-7-24-13(9-23)20-21-15(24)16(17,18)19/h2-5,8H,6-7,9H2,1H3. The van der Waals surface area contributed by atoms with E-state index >= 15 is 0 Å². The van der Waals surface area contributed by atoms with Crippen molar-refractivity contribution in [3.63, 3.8) is 0 Å². The second kappa shape index (κ2) is 5.33. The molecule has 3 aromatic rings. The zero-order valence-corrected chi connectivity index (χ0v) is 13.3. The summed E-state index contributed by atoms with van der Waals surface area (Å²) in [6.07, 6.45) is -2.64. The molecular formula is C16H14F3N5O. The van der Waals surface area contributed by atoms with Crippen molar-refractivity contribution in [2.75, 3.05) is 6.54 Å². The Balaban J connectivity index is 1.60. The third-order valence-electron chi connectivity index (χ3n) is 4.43. The van der Waals surface area contributed by atoms with Crippen LogP contribution >= 0.6 is 0 Å². The van der Waals surface area contributed by atoms with Gasteiger partial charge >= 0.3 is 6.18 Å². The van der Waals surface area contributed by atoms with Gasteiger partial charge in [-0.15, -0.1) is 10.2 Å². The van der Waals surface area contributed by atoms with Crippen LogP contribution in [0.25, 0.3) is 10.9 Å².